The van der Waals surface area contributed by atoms with E-state index in [0.29, 0.717) is 28.3 Å². The summed E-state index contributed by atoms with van der Waals surface area (Å²) in [5.74, 6) is -0.864. The van der Waals surface area contributed by atoms with Crippen LogP contribution in [0, 0.1) is 5.82 Å². The first-order chi connectivity index (χ1) is 16.1. The van der Waals surface area contributed by atoms with E-state index < -0.39 is 15.8 Å². The van der Waals surface area contributed by atoms with Gasteiger partial charge in [-0.25, -0.2) is 12.8 Å². The number of rotatable bonds is 9. The van der Waals surface area contributed by atoms with Crippen LogP contribution in [-0.2, 0) is 16.6 Å². The van der Waals surface area contributed by atoms with E-state index in [-0.39, 0.29) is 23.9 Å². The Balaban J connectivity index is 1.95. The van der Waals surface area contributed by atoms with Crippen molar-refractivity contribution in [1.82, 2.24) is 4.31 Å². The summed E-state index contributed by atoms with van der Waals surface area (Å²) in [7, 11) is -0.141. The minimum atomic E-state index is -3.86. The zero-order valence-corrected chi connectivity index (χ0v) is 20.8. The summed E-state index contributed by atoms with van der Waals surface area (Å²) >= 11 is 6.14. The Morgan fingerprint density at radius 2 is 1.71 bits per heavy atom. The Morgan fingerprint density at radius 1 is 1.03 bits per heavy atom. The molecule has 0 saturated carbocycles. The molecule has 0 fully saturated rings. The number of nitrogens with zero attached hydrogens (tertiary/aromatic N) is 2. The van der Waals surface area contributed by atoms with Crippen LogP contribution in [0.4, 0.5) is 15.8 Å². The van der Waals surface area contributed by atoms with E-state index in [1.54, 1.807) is 36.4 Å². The number of benzene rings is 3. The summed E-state index contributed by atoms with van der Waals surface area (Å²) < 4.78 is 41.3. The van der Waals surface area contributed by atoms with Gasteiger partial charge in [-0.15, -0.1) is 0 Å². The summed E-state index contributed by atoms with van der Waals surface area (Å²) in [5.41, 5.74) is 2.38. The zero-order chi connectivity index (χ0) is 24.9. The van der Waals surface area contributed by atoms with Crippen LogP contribution in [0.25, 0.3) is 0 Å². The molecule has 0 heterocycles. The van der Waals surface area contributed by atoms with Crippen molar-refractivity contribution in [2.75, 3.05) is 30.9 Å². The molecule has 0 atom stereocenters. The fourth-order valence-electron chi connectivity index (χ4n) is 3.55. The Morgan fingerprint density at radius 3 is 2.32 bits per heavy atom. The van der Waals surface area contributed by atoms with E-state index >= 15 is 0 Å². The lowest BCUT2D eigenvalue weighted by molar-refractivity contribution is 0.102. The molecule has 9 heteroatoms. The average molecular weight is 504 g/mol. The monoisotopic (exact) mass is 503 g/mol. The van der Waals surface area contributed by atoms with Gasteiger partial charge in [0.05, 0.1) is 15.5 Å². The van der Waals surface area contributed by atoms with Crippen LogP contribution >= 0.6 is 11.6 Å². The summed E-state index contributed by atoms with van der Waals surface area (Å²) in [5, 5.41) is 3.17. The molecule has 1 amide bonds. The molecule has 3 aromatic rings. The normalized spacial score (nSPS) is 11.5. The highest BCUT2D eigenvalue weighted by Crippen LogP contribution is 2.28. The predicted molar refractivity (Wildman–Crippen MR) is 134 cm³/mol. The van der Waals surface area contributed by atoms with Crippen molar-refractivity contribution in [2.45, 2.75) is 24.8 Å². The molecule has 1 N–H and O–H groups in total. The molecule has 0 spiro atoms. The SMILES string of the molecule is CCCN(Cc1cc(NC(=O)c2ccccc2Cl)ccc1N(C)C)S(=O)(=O)c1ccc(F)cc1. The third-order valence-corrected chi connectivity index (χ3v) is 7.40. The van der Waals surface area contributed by atoms with Gasteiger partial charge in [0.2, 0.25) is 10.0 Å². The van der Waals surface area contributed by atoms with Gasteiger partial charge in [0.25, 0.3) is 5.91 Å². The number of amides is 1. The molecule has 0 aliphatic carbocycles. The number of hydrogen-bond donors (Lipinski definition) is 1. The summed E-state index contributed by atoms with van der Waals surface area (Å²) in [6, 6.07) is 16.9. The molecule has 3 aromatic carbocycles. The van der Waals surface area contributed by atoms with Crippen molar-refractivity contribution in [2.24, 2.45) is 0 Å². The largest absolute Gasteiger partial charge is 0.377 e. The topological polar surface area (TPSA) is 69.7 Å². The first kappa shape index (κ1) is 25.7. The first-order valence-corrected chi connectivity index (χ1v) is 12.6. The standard InChI is InChI=1S/C25H27ClFN3O3S/c1-4-15-30(34(32,33)21-12-9-19(27)10-13-21)17-18-16-20(11-14-24(18)29(2)3)28-25(31)22-7-5-6-8-23(22)26/h5-14,16H,4,15,17H2,1-3H3,(H,28,31). The first-order valence-electron chi connectivity index (χ1n) is 10.8. The van der Waals surface area contributed by atoms with Gasteiger partial charge in [-0.05, 0) is 66.6 Å². The van der Waals surface area contributed by atoms with Crippen molar-refractivity contribution in [1.29, 1.82) is 0 Å². The van der Waals surface area contributed by atoms with E-state index in [2.05, 4.69) is 5.32 Å². The third-order valence-electron chi connectivity index (χ3n) is 5.21. The third kappa shape index (κ3) is 5.94. The van der Waals surface area contributed by atoms with Crippen LogP contribution in [0.2, 0.25) is 5.02 Å². The quantitative estimate of drug-likeness (QED) is 0.424. The maximum Gasteiger partial charge on any atom is 0.257 e. The Hall–Kier alpha value is -2.94. The predicted octanol–water partition coefficient (Wildman–Crippen LogP) is 5.40. The second-order valence-electron chi connectivity index (χ2n) is 7.96. The number of carbonyl (C=O) groups excluding carboxylic acids is 1. The van der Waals surface area contributed by atoms with Crippen molar-refractivity contribution in [3.05, 3.63) is 88.7 Å². The number of anilines is 2. The van der Waals surface area contributed by atoms with Crippen LogP contribution in [0.15, 0.2) is 71.6 Å². The highest BCUT2D eigenvalue weighted by Gasteiger charge is 2.25. The van der Waals surface area contributed by atoms with Crippen molar-refractivity contribution in [3.63, 3.8) is 0 Å². The number of carbonyl (C=O) groups is 1. The van der Waals surface area contributed by atoms with Gasteiger partial charge in [-0.2, -0.15) is 4.31 Å². The van der Waals surface area contributed by atoms with Gasteiger partial charge in [0.15, 0.2) is 0 Å². The highest BCUT2D eigenvalue weighted by molar-refractivity contribution is 7.89. The summed E-state index contributed by atoms with van der Waals surface area (Å²) in [6.07, 6.45) is 0.598. The van der Waals surface area contributed by atoms with Gasteiger partial charge < -0.3 is 10.2 Å². The fraction of sp³-hybridized carbons (Fsp3) is 0.240. The van der Waals surface area contributed by atoms with Crippen molar-refractivity contribution >= 4 is 38.9 Å². The molecule has 0 bridgehead atoms. The second-order valence-corrected chi connectivity index (χ2v) is 10.3. The van der Waals surface area contributed by atoms with Gasteiger partial charge in [-0.1, -0.05) is 30.7 Å². The fourth-order valence-corrected chi connectivity index (χ4v) is 5.28. The van der Waals surface area contributed by atoms with Gasteiger partial charge in [-0.3, -0.25) is 4.79 Å². The van der Waals surface area contributed by atoms with E-state index in [9.17, 15) is 17.6 Å². The molecule has 0 aliphatic heterocycles. The maximum absolute atomic E-state index is 13.4. The van der Waals surface area contributed by atoms with E-state index in [4.69, 9.17) is 11.6 Å². The van der Waals surface area contributed by atoms with Crippen LogP contribution in [0.3, 0.4) is 0 Å². The maximum atomic E-state index is 13.4. The Kier molecular flexibility index (Phi) is 8.30. The Labute approximate surface area is 205 Å². The molecule has 3 rings (SSSR count). The molecule has 6 nitrogen and oxygen atoms in total. The molecular formula is C25H27ClFN3O3S. The van der Waals surface area contributed by atoms with E-state index in [1.807, 2.05) is 32.0 Å². The smallest absolute Gasteiger partial charge is 0.257 e. The average Bonchev–Trinajstić information content (AvgIpc) is 2.79. The van der Waals surface area contributed by atoms with Crippen LogP contribution in [0.1, 0.15) is 29.3 Å². The molecule has 0 aromatic heterocycles. The molecule has 0 saturated heterocycles. The lowest BCUT2D eigenvalue weighted by Gasteiger charge is -2.25. The highest BCUT2D eigenvalue weighted by atomic mass is 35.5. The summed E-state index contributed by atoms with van der Waals surface area (Å²) in [4.78, 5) is 14.6. The minimum Gasteiger partial charge on any atom is -0.377 e. The molecule has 34 heavy (non-hydrogen) atoms. The lowest BCUT2D eigenvalue weighted by Crippen LogP contribution is -2.32. The van der Waals surface area contributed by atoms with Crippen molar-refractivity contribution in [3.8, 4) is 0 Å². The lowest BCUT2D eigenvalue weighted by atomic mass is 10.1. The van der Waals surface area contributed by atoms with E-state index in [1.165, 1.54) is 16.4 Å². The molecule has 180 valence electrons. The molecular weight excluding hydrogens is 477 g/mol. The number of sulfonamides is 1. The van der Waals surface area contributed by atoms with Gasteiger partial charge >= 0.3 is 0 Å². The van der Waals surface area contributed by atoms with Gasteiger partial charge in [0, 0.05) is 38.6 Å². The summed E-state index contributed by atoms with van der Waals surface area (Å²) in [6.45, 7) is 2.25. The minimum absolute atomic E-state index is 0.0249. The molecule has 0 radical (unpaired) electrons. The number of hydrogen-bond acceptors (Lipinski definition) is 4. The van der Waals surface area contributed by atoms with E-state index in [0.717, 1.165) is 17.8 Å². The van der Waals surface area contributed by atoms with Gasteiger partial charge in [0.1, 0.15) is 5.82 Å². The van der Waals surface area contributed by atoms with Crippen LogP contribution in [-0.4, -0.2) is 39.3 Å². The van der Waals surface area contributed by atoms with Crippen LogP contribution < -0.4 is 10.2 Å². The molecule has 0 aliphatic rings. The number of nitrogens with one attached hydrogen (secondary N) is 1. The van der Waals surface area contributed by atoms with Crippen molar-refractivity contribution < 1.29 is 17.6 Å². The zero-order valence-electron chi connectivity index (χ0n) is 19.3. The molecule has 0 unspecified atom stereocenters. The van der Waals surface area contributed by atoms with Crippen LogP contribution in [0.5, 0.6) is 0 Å². The second kappa shape index (κ2) is 11.0. The Bertz CT molecular complexity index is 1260. The number of halogens is 2.